The first-order valence-corrected chi connectivity index (χ1v) is 18.4. The molecule has 1 heterocycles. The number of ketones is 1. The highest BCUT2D eigenvalue weighted by Crippen LogP contribution is 2.38. The van der Waals surface area contributed by atoms with E-state index in [-0.39, 0.29) is 29.8 Å². The van der Waals surface area contributed by atoms with E-state index >= 15 is 0 Å². The van der Waals surface area contributed by atoms with Crippen LogP contribution in [0, 0.1) is 0 Å². The summed E-state index contributed by atoms with van der Waals surface area (Å²) >= 11 is 0. The fourth-order valence-corrected chi connectivity index (χ4v) is 5.34. The summed E-state index contributed by atoms with van der Waals surface area (Å²) in [5.41, 5.74) is 1.23. The fraction of sp³-hybridized carbons (Fsp3) is 0.528. The van der Waals surface area contributed by atoms with Crippen molar-refractivity contribution in [3.05, 3.63) is 89.4 Å². The number of aliphatic hydroxyl groups excluding tert-OH is 1. The standard InChI is InChI=1S/C36H52O7Si/c1-26(40-23-27-13-11-10-12-14-27)32(41-24-28-15-17-30(39-7)18-16-28)21-29(37)22-33(38)36(5,6)34-20-19-31(43-34)25-42-44(8,9)35(2,3)4/h10-20,26,32-33,38H,21-25H2,1-9H3/t26-,32-,33-/m0/s1. The summed E-state index contributed by atoms with van der Waals surface area (Å²) in [5.74, 6) is 2.00. The molecule has 0 bridgehead atoms. The smallest absolute Gasteiger partial charge is 0.192 e. The topological polar surface area (TPSA) is 87.4 Å². The van der Waals surface area contributed by atoms with Gasteiger partial charge in [0.15, 0.2) is 8.32 Å². The number of benzene rings is 2. The molecule has 0 fully saturated rings. The third kappa shape index (κ3) is 10.1. The molecule has 3 aromatic rings. The van der Waals surface area contributed by atoms with Crippen molar-refractivity contribution in [1.29, 1.82) is 0 Å². The first kappa shape index (κ1) is 35.7. The van der Waals surface area contributed by atoms with Crippen LogP contribution in [0.5, 0.6) is 5.75 Å². The molecule has 0 aliphatic rings. The highest BCUT2D eigenvalue weighted by molar-refractivity contribution is 6.74. The number of methoxy groups -OCH3 is 1. The molecule has 0 aliphatic heterocycles. The van der Waals surface area contributed by atoms with Crippen molar-refractivity contribution in [1.82, 2.24) is 0 Å². The lowest BCUT2D eigenvalue weighted by Gasteiger charge is -2.35. The Morgan fingerprint density at radius 3 is 2.07 bits per heavy atom. The molecule has 242 valence electrons. The number of hydrogen-bond acceptors (Lipinski definition) is 7. The van der Waals surface area contributed by atoms with Gasteiger partial charge in [0.05, 0.1) is 45.2 Å². The summed E-state index contributed by atoms with van der Waals surface area (Å²) in [6.07, 6.45) is -1.71. The van der Waals surface area contributed by atoms with Gasteiger partial charge in [-0.25, -0.2) is 0 Å². The maximum Gasteiger partial charge on any atom is 0.192 e. The predicted molar refractivity (Wildman–Crippen MR) is 176 cm³/mol. The summed E-state index contributed by atoms with van der Waals surface area (Å²) in [7, 11) is -0.304. The Morgan fingerprint density at radius 2 is 1.45 bits per heavy atom. The van der Waals surface area contributed by atoms with Crippen molar-refractivity contribution in [2.45, 2.75) is 116 Å². The van der Waals surface area contributed by atoms with E-state index < -0.39 is 25.9 Å². The van der Waals surface area contributed by atoms with Crippen LogP contribution < -0.4 is 4.74 Å². The van der Waals surface area contributed by atoms with E-state index in [0.29, 0.717) is 31.3 Å². The van der Waals surface area contributed by atoms with Gasteiger partial charge in [-0.3, -0.25) is 4.79 Å². The van der Waals surface area contributed by atoms with Crippen molar-refractivity contribution in [3.8, 4) is 5.75 Å². The number of Topliss-reactive ketones (excluding diaryl/α,β-unsaturated/α-hetero) is 1. The number of hydrogen-bond donors (Lipinski definition) is 1. The molecule has 1 aromatic heterocycles. The Hall–Kier alpha value is -2.75. The van der Waals surface area contributed by atoms with Gasteiger partial charge in [0.1, 0.15) is 23.1 Å². The molecule has 3 atom stereocenters. The third-order valence-corrected chi connectivity index (χ3v) is 13.3. The Labute approximate surface area is 265 Å². The number of rotatable bonds is 17. The lowest BCUT2D eigenvalue weighted by Crippen LogP contribution is -2.40. The fourth-order valence-electron chi connectivity index (χ4n) is 4.41. The van der Waals surface area contributed by atoms with Crippen molar-refractivity contribution in [2.24, 2.45) is 0 Å². The van der Waals surface area contributed by atoms with Crippen LogP contribution in [0.25, 0.3) is 0 Å². The SMILES string of the molecule is COc1ccc(CO[C@@H](CC(=O)C[C@H](O)C(C)(C)c2ccc(CO[Si](C)(C)C(C)(C)C)o2)[C@H](C)OCc2ccccc2)cc1. The highest BCUT2D eigenvalue weighted by atomic mass is 28.4. The van der Waals surface area contributed by atoms with E-state index in [9.17, 15) is 9.90 Å². The van der Waals surface area contributed by atoms with Gasteiger partial charge in [0.2, 0.25) is 0 Å². The zero-order valence-corrected chi connectivity index (χ0v) is 29.0. The van der Waals surface area contributed by atoms with Crippen molar-refractivity contribution in [3.63, 3.8) is 0 Å². The van der Waals surface area contributed by atoms with Gasteiger partial charge in [0.25, 0.3) is 0 Å². The maximum atomic E-state index is 13.4. The molecule has 7 nitrogen and oxygen atoms in total. The van der Waals surface area contributed by atoms with Crippen LogP contribution in [0.4, 0.5) is 0 Å². The molecule has 0 saturated heterocycles. The minimum atomic E-state index is -1.93. The molecule has 0 saturated carbocycles. The Kier molecular flexibility index (Phi) is 12.6. The van der Waals surface area contributed by atoms with Crippen LogP contribution in [-0.2, 0) is 43.9 Å². The Balaban J connectivity index is 1.63. The van der Waals surface area contributed by atoms with E-state index in [2.05, 4.69) is 33.9 Å². The largest absolute Gasteiger partial charge is 0.497 e. The second-order valence-electron chi connectivity index (χ2n) is 13.7. The average Bonchev–Trinajstić information content (AvgIpc) is 3.47. The highest BCUT2D eigenvalue weighted by Gasteiger charge is 2.38. The average molecular weight is 625 g/mol. The van der Waals surface area contributed by atoms with Gasteiger partial charge in [-0.05, 0) is 60.4 Å². The molecule has 8 heteroatoms. The van der Waals surface area contributed by atoms with Crippen LogP contribution in [0.15, 0.2) is 71.1 Å². The molecule has 0 radical (unpaired) electrons. The number of aliphatic hydroxyl groups is 1. The molecule has 44 heavy (non-hydrogen) atoms. The third-order valence-electron chi connectivity index (χ3n) is 8.86. The van der Waals surface area contributed by atoms with Gasteiger partial charge in [-0.1, -0.05) is 77.1 Å². The number of ether oxygens (including phenoxy) is 3. The summed E-state index contributed by atoms with van der Waals surface area (Å²) in [5, 5.41) is 11.3. The second-order valence-corrected chi connectivity index (χ2v) is 18.5. The lowest BCUT2D eigenvalue weighted by molar-refractivity contribution is -0.131. The lowest BCUT2D eigenvalue weighted by atomic mass is 9.81. The molecule has 2 aromatic carbocycles. The van der Waals surface area contributed by atoms with E-state index in [1.807, 2.05) is 87.5 Å². The van der Waals surface area contributed by atoms with E-state index in [4.69, 9.17) is 23.1 Å². The van der Waals surface area contributed by atoms with E-state index in [1.54, 1.807) is 7.11 Å². The van der Waals surface area contributed by atoms with Crippen molar-refractivity contribution >= 4 is 14.1 Å². The van der Waals surface area contributed by atoms with Crippen LogP contribution in [0.3, 0.4) is 0 Å². The van der Waals surface area contributed by atoms with Crippen LogP contribution in [0.2, 0.25) is 18.1 Å². The minimum Gasteiger partial charge on any atom is -0.497 e. The van der Waals surface area contributed by atoms with Gasteiger partial charge in [-0.2, -0.15) is 0 Å². The first-order valence-electron chi connectivity index (χ1n) is 15.5. The van der Waals surface area contributed by atoms with Crippen LogP contribution >= 0.6 is 0 Å². The minimum absolute atomic E-state index is 0.0305. The number of furan rings is 1. The molecule has 0 amide bonds. The van der Waals surface area contributed by atoms with Crippen molar-refractivity contribution in [2.75, 3.05) is 7.11 Å². The monoisotopic (exact) mass is 624 g/mol. The zero-order valence-electron chi connectivity index (χ0n) is 28.0. The van der Waals surface area contributed by atoms with Gasteiger partial charge >= 0.3 is 0 Å². The van der Waals surface area contributed by atoms with Crippen LogP contribution in [-0.4, -0.2) is 44.6 Å². The molecule has 0 spiro atoms. The van der Waals surface area contributed by atoms with Crippen LogP contribution in [0.1, 0.15) is 77.0 Å². The zero-order chi connectivity index (χ0) is 32.5. The quantitative estimate of drug-likeness (QED) is 0.152. The van der Waals surface area contributed by atoms with Gasteiger partial charge < -0.3 is 28.2 Å². The normalized spacial score (nSPS) is 14.7. The summed E-state index contributed by atoms with van der Waals surface area (Å²) in [6, 6.07) is 21.3. The predicted octanol–water partition coefficient (Wildman–Crippen LogP) is 7.99. The van der Waals surface area contributed by atoms with Gasteiger partial charge in [-0.15, -0.1) is 0 Å². The van der Waals surface area contributed by atoms with E-state index in [1.165, 1.54) is 0 Å². The Bertz CT molecular complexity index is 1290. The summed E-state index contributed by atoms with van der Waals surface area (Å²) in [6.45, 7) is 17.8. The van der Waals surface area contributed by atoms with Crippen molar-refractivity contribution < 1.29 is 33.0 Å². The molecule has 3 rings (SSSR count). The molecule has 0 aliphatic carbocycles. The summed E-state index contributed by atoms with van der Waals surface area (Å²) < 4.78 is 30.1. The molecular formula is C36H52O7Si. The van der Waals surface area contributed by atoms with E-state index in [0.717, 1.165) is 16.9 Å². The maximum absolute atomic E-state index is 13.4. The molecule has 0 unspecified atom stereocenters. The van der Waals surface area contributed by atoms with Gasteiger partial charge in [0, 0.05) is 18.3 Å². The Morgan fingerprint density at radius 1 is 0.841 bits per heavy atom. The molecular weight excluding hydrogens is 572 g/mol. The number of carbonyl (C=O) groups excluding carboxylic acids is 1. The second kappa shape index (κ2) is 15.5. The number of carbonyl (C=O) groups is 1. The first-order chi connectivity index (χ1) is 20.6. The summed E-state index contributed by atoms with van der Waals surface area (Å²) in [4.78, 5) is 13.4. The molecule has 1 N–H and O–H groups in total.